The zero-order chi connectivity index (χ0) is 17.6. The molecule has 0 fully saturated rings. The van der Waals surface area contributed by atoms with Crippen LogP contribution in [-0.2, 0) is 0 Å². The van der Waals surface area contributed by atoms with Crippen molar-refractivity contribution in [3.05, 3.63) is 42.0 Å². The van der Waals surface area contributed by atoms with Crippen molar-refractivity contribution in [3.8, 4) is 5.69 Å². The second-order valence-corrected chi connectivity index (χ2v) is 6.25. The Balaban J connectivity index is 2.06. The molecule has 0 saturated heterocycles. The van der Waals surface area contributed by atoms with Crippen LogP contribution in [0.4, 0.5) is 0 Å². The standard InChI is InChI=1S/C18H26N4O2/c1-4-8-18(24,9-5-2)11-20-17(23)15-6-7-16(14(3)10-15)22-13-19-12-21-22/h6-7,10,12-13,24H,4-5,8-9,11H2,1-3H3,(H,20,23). The van der Waals surface area contributed by atoms with Crippen molar-refractivity contribution >= 4 is 5.91 Å². The van der Waals surface area contributed by atoms with Gasteiger partial charge in [-0.25, -0.2) is 9.67 Å². The van der Waals surface area contributed by atoms with Crippen LogP contribution in [0.2, 0.25) is 0 Å². The molecule has 6 heteroatoms. The molecule has 0 aliphatic heterocycles. The van der Waals surface area contributed by atoms with Gasteiger partial charge in [-0.3, -0.25) is 4.79 Å². The minimum atomic E-state index is -0.825. The van der Waals surface area contributed by atoms with E-state index in [4.69, 9.17) is 0 Å². The summed E-state index contributed by atoms with van der Waals surface area (Å²) in [6, 6.07) is 5.44. The summed E-state index contributed by atoms with van der Waals surface area (Å²) in [6.07, 6.45) is 6.24. The van der Waals surface area contributed by atoms with Gasteiger partial charge in [-0.2, -0.15) is 5.10 Å². The van der Waals surface area contributed by atoms with E-state index >= 15 is 0 Å². The van der Waals surface area contributed by atoms with Crippen LogP contribution >= 0.6 is 0 Å². The second kappa shape index (κ2) is 8.06. The van der Waals surface area contributed by atoms with Crippen molar-refractivity contribution in [1.29, 1.82) is 0 Å². The van der Waals surface area contributed by atoms with E-state index in [0.717, 1.165) is 24.1 Å². The number of carbonyl (C=O) groups is 1. The Bertz CT molecular complexity index is 662. The minimum absolute atomic E-state index is 0.172. The van der Waals surface area contributed by atoms with Gasteiger partial charge in [0.1, 0.15) is 12.7 Å². The zero-order valence-electron chi connectivity index (χ0n) is 14.6. The van der Waals surface area contributed by atoms with Gasteiger partial charge >= 0.3 is 0 Å². The summed E-state index contributed by atoms with van der Waals surface area (Å²) in [5, 5.41) is 17.6. The summed E-state index contributed by atoms with van der Waals surface area (Å²) < 4.78 is 1.66. The van der Waals surface area contributed by atoms with Crippen LogP contribution < -0.4 is 5.32 Å². The number of aromatic nitrogens is 3. The van der Waals surface area contributed by atoms with E-state index in [1.165, 1.54) is 6.33 Å². The quantitative estimate of drug-likeness (QED) is 0.780. The molecule has 1 heterocycles. The summed E-state index contributed by atoms with van der Waals surface area (Å²) in [6.45, 7) is 6.28. The number of amides is 1. The average Bonchev–Trinajstić information content (AvgIpc) is 3.07. The summed E-state index contributed by atoms with van der Waals surface area (Å²) in [5.74, 6) is -0.172. The Kier molecular flexibility index (Phi) is 6.09. The van der Waals surface area contributed by atoms with Crippen LogP contribution in [0.3, 0.4) is 0 Å². The first-order valence-corrected chi connectivity index (χ1v) is 8.45. The molecule has 2 N–H and O–H groups in total. The Hall–Kier alpha value is -2.21. The number of aryl methyl sites for hydroxylation is 1. The highest BCUT2D eigenvalue weighted by molar-refractivity contribution is 5.94. The smallest absolute Gasteiger partial charge is 0.251 e. The van der Waals surface area contributed by atoms with Gasteiger partial charge in [0, 0.05) is 12.1 Å². The Labute approximate surface area is 142 Å². The number of nitrogens with one attached hydrogen (secondary N) is 1. The second-order valence-electron chi connectivity index (χ2n) is 6.25. The number of rotatable bonds is 8. The maximum absolute atomic E-state index is 12.4. The van der Waals surface area contributed by atoms with Crippen molar-refractivity contribution in [1.82, 2.24) is 20.1 Å². The zero-order valence-corrected chi connectivity index (χ0v) is 14.6. The van der Waals surface area contributed by atoms with Crippen molar-refractivity contribution in [3.63, 3.8) is 0 Å². The SMILES string of the molecule is CCCC(O)(CCC)CNC(=O)c1ccc(-n2cncn2)c(C)c1. The van der Waals surface area contributed by atoms with Gasteiger partial charge in [0.05, 0.1) is 11.3 Å². The number of hydrogen-bond donors (Lipinski definition) is 2. The van der Waals surface area contributed by atoms with Gasteiger partial charge in [0.15, 0.2) is 0 Å². The molecule has 0 aliphatic carbocycles. The van der Waals surface area contributed by atoms with E-state index < -0.39 is 5.60 Å². The van der Waals surface area contributed by atoms with Crippen molar-refractivity contribution < 1.29 is 9.90 Å². The Morgan fingerprint density at radius 1 is 1.29 bits per heavy atom. The molecular weight excluding hydrogens is 304 g/mol. The molecule has 0 saturated carbocycles. The molecule has 0 radical (unpaired) electrons. The van der Waals surface area contributed by atoms with Gasteiger partial charge in [0.2, 0.25) is 0 Å². The van der Waals surface area contributed by atoms with Gasteiger partial charge in [0.25, 0.3) is 5.91 Å². The minimum Gasteiger partial charge on any atom is -0.388 e. The summed E-state index contributed by atoms with van der Waals surface area (Å²) >= 11 is 0. The first-order chi connectivity index (χ1) is 11.5. The maximum atomic E-state index is 12.4. The number of nitrogens with zero attached hydrogens (tertiary/aromatic N) is 3. The van der Waals surface area contributed by atoms with Crippen LogP contribution in [0.25, 0.3) is 5.69 Å². The molecule has 0 aliphatic rings. The first-order valence-electron chi connectivity index (χ1n) is 8.45. The third-order valence-corrected chi connectivity index (χ3v) is 4.13. The van der Waals surface area contributed by atoms with Crippen LogP contribution in [0.15, 0.2) is 30.9 Å². The molecule has 1 aromatic heterocycles. The molecule has 24 heavy (non-hydrogen) atoms. The molecule has 0 spiro atoms. The van der Waals surface area contributed by atoms with Gasteiger partial charge in [-0.05, 0) is 43.5 Å². The third-order valence-electron chi connectivity index (χ3n) is 4.13. The van der Waals surface area contributed by atoms with Crippen molar-refractivity contribution in [2.24, 2.45) is 0 Å². The lowest BCUT2D eigenvalue weighted by molar-refractivity contribution is 0.0213. The normalized spacial score (nSPS) is 11.5. The highest BCUT2D eigenvalue weighted by Crippen LogP contribution is 2.19. The van der Waals surface area contributed by atoms with E-state index in [0.29, 0.717) is 18.4 Å². The van der Waals surface area contributed by atoms with Crippen LogP contribution in [0, 0.1) is 6.92 Å². The predicted octanol–water partition coefficient (Wildman–Crippen LogP) is 2.64. The summed E-state index contributed by atoms with van der Waals surface area (Å²) in [7, 11) is 0. The molecule has 0 bridgehead atoms. The first kappa shape index (κ1) is 18.1. The largest absolute Gasteiger partial charge is 0.388 e. The van der Waals surface area contributed by atoms with Crippen molar-refractivity contribution in [2.75, 3.05) is 6.54 Å². The van der Waals surface area contributed by atoms with Gasteiger partial charge in [-0.1, -0.05) is 26.7 Å². The molecule has 0 unspecified atom stereocenters. The number of benzene rings is 1. The third kappa shape index (κ3) is 4.41. The molecule has 2 rings (SSSR count). The van der Waals surface area contributed by atoms with Crippen LogP contribution in [0.1, 0.15) is 55.5 Å². The van der Waals surface area contributed by atoms with Gasteiger partial charge in [-0.15, -0.1) is 0 Å². The lowest BCUT2D eigenvalue weighted by Crippen LogP contribution is -2.42. The topological polar surface area (TPSA) is 80.0 Å². The number of carbonyl (C=O) groups excluding carboxylic acids is 1. The van der Waals surface area contributed by atoms with E-state index in [1.807, 2.05) is 32.9 Å². The number of aliphatic hydroxyl groups is 1. The molecule has 6 nitrogen and oxygen atoms in total. The average molecular weight is 330 g/mol. The molecule has 2 aromatic rings. The molecule has 130 valence electrons. The highest BCUT2D eigenvalue weighted by atomic mass is 16.3. The summed E-state index contributed by atoms with van der Waals surface area (Å²) in [5.41, 5.74) is 1.57. The Morgan fingerprint density at radius 2 is 2.00 bits per heavy atom. The molecule has 1 aromatic carbocycles. The van der Waals surface area contributed by atoms with Crippen LogP contribution in [0.5, 0.6) is 0 Å². The fourth-order valence-electron chi connectivity index (χ4n) is 2.97. The van der Waals surface area contributed by atoms with Crippen LogP contribution in [-0.4, -0.2) is 37.9 Å². The molecule has 0 atom stereocenters. The predicted molar refractivity (Wildman–Crippen MR) is 93.2 cm³/mol. The van der Waals surface area contributed by atoms with E-state index in [-0.39, 0.29) is 12.5 Å². The lowest BCUT2D eigenvalue weighted by atomic mass is 9.92. The lowest BCUT2D eigenvalue weighted by Gasteiger charge is -2.27. The fourth-order valence-corrected chi connectivity index (χ4v) is 2.97. The van der Waals surface area contributed by atoms with E-state index in [1.54, 1.807) is 17.1 Å². The van der Waals surface area contributed by atoms with Gasteiger partial charge < -0.3 is 10.4 Å². The fraction of sp³-hybridized carbons (Fsp3) is 0.500. The van der Waals surface area contributed by atoms with Crippen molar-refractivity contribution in [2.45, 2.75) is 52.1 Å². The maximum Gasteiger partial charge on any atom is 0.251 e. The Morgan fingerprint density at radius 3 is 2.54 bits per heavy atom. The monoisotopic (exact) mass is 330 g/mol. The van der Waals surface area contributed by atoms with E-state index in [9.17, 15) is 9.90 Å². The molecular formula is C18H26N4O2. The summed E-state index contributed by atoms with van der Waals surface area (Å²) in [4.78, 5) is 16.3. The van der Waals surface area contributed by atoms with E-state index in [2.05, 4.69) is 15.4 Å². The highest BCUT2D eigenvalue weighted by Gasteiger charge is 2.25. The molecule has 1 amide bonds. The number of hydrogen-bond acceptors (Lipinski definition) is 4.